The van der Waals surface area contributed by atoms with Crippen LogP contribution in [0.4, 0.5) is 0 Å². The number of thioether (sulfide) groups is 1. The largest absolute Gasteiger partial charge is 0.504 e. The van der Waals surface area contributed by atoms with Crippen molar-refractivity contribution in [3.63, 3.8) is 0 Å². The number of carbonyl (C=O) groups excluding carboxylic acids is 1. The number of rotatable bonds is 2. The lowest BCUT2D eigenvalue weighted by molar-refractivity contribution is -0.121. The Balaban J connectivity index is 2.40. The molecule has 1 aliphatic heterocycles. The summed E-state index contributed by atoms with van der Waals surface area (Å²) in [6, 6.07) is 5.11. The highest BCUT2D eigenvalue weighted by molar-refractivity contribution is 8.26. The summed E-state index contributed by atoms with van der Waals surface area (Å²) in [6.07, 6.45) is 1.61. The average Bonchev–Trinajstić information content (AvgIpc) is 2.60. The smallest absolute Gasteiger partial charge is 0.265 e. The normalized spacial score (nSPS) is 17.7. The van der Waals surface area contributed by atoms with E-state index in [1.807, 2.05) is 0 Å². The molecule has 0 bridgehead atoms. The van der Waals surface area contributed by atoms with Crippen molar-refractivity contribution in [2.75, 3.05) is 14.2 Å². The van der Waals surface area contributed by atoms with Crippen LogP contribution in [-0.2, 0) is 4.79 Å². The molecule has 94 valence electrons. The van der Waals surface area contributed by atoms with Gasteiger partial charge in [-0.15, -0.1) is 0 Å². The Bertz CT molecular complexity index is 554. The zero-order valence-corrected chi connectivity index (χ0v) is 11.5. The molecular formula is C12H11NO3S2. The maximum absolute atomic E-state index is 11.8. The summed E-state index contributed by atoms with van der Waals surface area (Å²) in [5.41, 5.74) is 0.531. The molecule has 4 nitrogen and oxygen atoms in total. The molecule has 1 aromatic carbocycles. The van der Waals surface area contributed by atoms with E-state index in [9.17, 15) is 9.90 Å². The van der Waals surface area contributed by atoms with Crippen LogP contribution >= 0.6 is 24.0 Å². The second-order valence-corrected chi connectivity index (χ2v) is 5.31. The van der Waals surface area contributed by atoms with Crippen LogP contribution < -0.4 is 4.74 Å². The molecule has 2 rings (SSSR count). The first-order valence-electron chi connectivity index (χ1n) is 5.12. The van der Waals surface area contributed by atoms with E-state index in [1.54, 1.807) is 31.3 Å². The standard InChI is InChI=1S/C12H11NO3S2/c1-13-11(15)9(18-12(13)17)6-7-4-3-5-8(16-2)10(7)14/h3-6,14H,1-2H3/b9-6+. The zero-order chi connectivity index (χ0) is 13.3. The number of phenolic OH excluding ortho intramolecular Hbond substituents is 1. The molecule has 0 atom stereocenters. The highest BCUT2D eigenvalue weighted by Crippen LogP contribution is 2.35. The van der Waals surface area contributed by atoms with E-state index in [4.69, 9.17) is 17.0 Å². The summed E-state index contributed by atoms with van der Waals surface area (Å²) in [6.45, 7) is 0. The number of aromatic hydroxyl groups is 1. The van der Waals surface area contributed by atoms with E-state index in [2.05, 4.69) is 0 Å². The second kappa shape index (κ2) is 4.99. The number of ether oxygens (including phenoxy) is 1. The van der Waals surface area contributed by atoms with Crippen LogP contribution in [0.15, 0.2) is 23.1 Å². The van der Waals surface area contributed by atoms with Crippen LogP contribution in [-0.4, -0.2) is 34.4 Å². The van der Waals surface area contributed by atoms with Gasteiger partial charge >= 0.3 is 0 Å². The minimum Gasteiger partial charge on any atom is -0.504 e. The molecule has 1 N–H and O–H groups in total. The Kier molecular flexibility index (Phi) is 3.58. The number of thiocarbonyl (C=S) groups is 1. The van der Waals surface area contributed by atoms with Gasteiger partial charge in [0.1, 0.15) is 4.32 Å². The Morgan fingerprint density at radius 1 is 1.50 bits per heavy atom. The molecule has 1 amide bonds. The number of carbonyl (C=O) groups is 1. The quantitative estimate of drug-likeness (QED) is 0.665. The minimum absolute atomic E-state index is 0.0152. The Morgan fingerprint density at radius 3 is 2.78 bits per heavy atom. The van der Waals surface area contributed by atoms with Crippen molar-refractivity contribution >= 4 is 40.3 Å². The summed E-state index contributed by atoms with van der Waals surface area (Å²) in [7, 11) is 3.11. The van der Waals surface area contributed by atoms with E-state index in [-0.39, 0.29) is 11.7 Å². The Labute approximate surface area is 114 Å². The first kappa shape index (κ1) is 12.9. The lowest BCUT2D eigenvalue weighted by Crippen LogP contribution is -2.22. The minimum atomic E-state index is -0.160. The topological polar surface area (TPSA) is 49.8 Å². The fraction of sp³-hybridized carbons (Fsp3) is 0.167. The van der Waals surface area contributed by atoms with Gasteiger partial charge in [0.15, 0.2) is 11.5 Å². The van der Waals surface area contributed by atoms with Gasteiger partial charge in [-0.25, -0.2) is 0 Å². The van der Waals surface area contributed by atoms with E-state index >= 15 is 0 Å². The van der Waals surface area contributed by atoms with E-state index < -0.39 is 0 Å². The molecule has 0 aliphatic carbocycles. The first-order chi connectivity index (χ1) is 8.54. The van der Waals surface area contributed by atoms with Crippen LogP contribution in [0, 0.1) is 0 Å². The van der Waals surface area contributed by atoms with Gasteiger partial charge in [-0.05, 0) is 12.1 Å². The maximum Gasteiger partial charge on any atom is 0.265 e. The Hall–Kier alpha value is -1.53. The molecule has 0 aromatic heterocycles. The zero-order valence-electron chi connectivity index (χ0n) is 9.84. The fourth-order valence-electron chi connectivity index (χ4n) is 1.51. The molecule has 18 heavy (non-hydrogen) atoms. The van der Waals surface area contributed by atoms with Crippen LogP contribution in [0.3, 0.4) is 0 Å². The van der Waals surface area contributed by atoms with E-state index in [0.717, 1.165) is 0 Å². The summed E-state index contributed by atoms with van der Waals surface area (Å²) in [5.74, 6) is 0.226. The molecule has 1 aliphatic rings. The molecule has 0 radical (unpaired) electrons. The van der Waals surface area contributed by atoms with E-state index in [0.29, 0.717) is 20.5 Å². The molecule has 0 saturated carbocycles. The number of likely N-dealkylation sites (N-methyl/N-ethyl adjacent to an activating group) is 1. The van der Waals surface area contributed by atoms with Gasteiger partial charge in [-0.2, -0.15) is 0 Å². The predicted molar refractivity (Wildman–Crippen MR) is 75.6 cm³/mol. The average molecular weight is 281 g/mol. The summed E-state index contributed by atoms with van der Waals surface area (Å²) < 4.78 is 5.52. The van der Waals surface area contributed by atoms with Gasteiger partial charge in [-0.3, -0.25) is 9.69 Å². The number of methoxy groups -OCH3 is 1. The van der Waals surface area contributed by atoms with Gasteiger partial charge in [0.2, 0.25) is 0 Å². The van der Waals surface area contributed by atoms with Crippen molar-refractivity contribution in [1.29, 1.82) is 0 Å². The molecule has 6 heteroatoms. The van der Waals surface area contributed by atoms with Crippen molar-refractivity contribution in [3.8, 4) is 11.5 Å². The van der Waals surface area contributed by atoms with Gasteiger partial charge in [0.05, 0.1) is 12.0 Å². The highest BCUT2D eigenvalue weighted by Gasteiger charge is 2.28. The number of amides is 1. The summed E-state index contributed by atoms with van der Waals surface area (Å²) >= 11 is 6.25. The van der Waals surface area contributed by atoms with Gasteiger partial charge in [-0.1, -0.05) is 36.1 Å². The highest BCUT2D eigenvalue weighted by atomic mass is 32.2. The molecule has 0 unspecified atom stereocenters. The number of hydrogen-bond donors (Lipinski definition) is 1. The molecule has 1 aromatic rings. The van der Waals surface area contributed by atoms with Crippen molar-refractivity contribution < 1.29 is 14.6 Å². The van der Waals surface area contributed by atoms with Gasteiger partial charge < -0.3 is 9.84 Å². The number of para-hydroxylation sites is 1. The molecular weight excluding hydrogens is 270 g/mol. The number of benzene rings is 1. The fourth-order valence-corrected chi connectivity index (χ4v) is 2.68. The van der Waals surface area contributed by atoms with Crippen molar-refractivity contribution in [3.05, 3.63) is 28.7 Å². The van der Waals surface area contributed by atoms with E-state index in [1.165, 1.54) is 23.8 Å². The third-order valence-electron chi connectivity index (χ3n) is 2.52. The van der Waals surface area contributed by atoms with Gasteiger partial charge in [0, 0.05) is 12.6 Å². The summed E-state index contributed by atoms with van der Waals surface area (Å²) in [4.78, 5) is 13.7. The summed E-state index contributed by atoms with van der Waals surface area (Å²) in [5, 5.41) is 9.93. The lowest BCUT2D eigenvalue weighted by atomic mass is 10.1. The van der Waals surface area contributed by atoms with Crippen molar-refractivity contribution in [1.82, 2.24) is 4.90 Å². The monoisotopic (exact) mass is 281 g/mol. The number of hydrogen-bond acceptors (Lipinski definition) is 5. The molecule has 0 spiro atoms. The van der Waals surface area contributed by atoms with Crippen molar-refractivity contribution in [2.45, 2.75) is 0 Å². The molecule has 1 fully saturated rings. The molecule has 1 saturated heterocycles. The van der Waals surface area contributed by atoms with Crippen molar-refractivity contribution in [2.24, 2.45) is 0 Å². The third kappa shape index (κ3) is 2.21. The maximum atomic E-state index is 11.8. The lowest BCUT2D eigenvalue weighted by Gasteiger charge is -2.06. The third-order valence-corrected chi connectivity index (χ3v) is 4.01. The van der Waals surface area contributed by atoms with Crippen LogP contribution in [0.2, 0.25) is 0 Å². The predicted octanol–water partition coefficient (Wildman–Crippen LogP) is 2.23. The second-order valence-electron chi connectivity index (χ2n) is 3.64. The SMILES string of the molecule is COc1cccc(/C=C2/SC(=S)N(C)C2=O)c1O. The number of phenols is 1. The molecule has 1 heterocycles. The van der Waals surface area contributed by atoms with Gasteiger partial charge in [0.25, 0.3) is 5.91 Å². The first-order valence-corrected chi connectivity index (χ1v) is 6.34. The Morgan fingerprint density at radius 2 is 2.22 bits per heavy atom. The van der Waals surface area contributed by atoms with Crippen LogP contribution in [0.25, 0.3) is 6.08 Å². The number of nitrogens with zero attached hydrogens (tertiary/aromatic N) is 1. The van der Waals surface area contributed by atoms with Crippen LogP contribution in [0.1, 0.15) is 5.56 Å². The van der Waals surface area contributed by atoms with Crippen LogP contribution in [0.5, 0.6) is 11.5 Å².